The van der Waals surface area contributed by atoms with Crippen molar-refractivity contribution in [1.29, 1.82) is 0 Å². The smallest absolute Gasteiger partial charge is 0.304 e. The van der Waals surface area contributed by atoms with Gasteiger partial charge in [0.2, 0.25) is 0 Å². The molecule has 3 nitrogen and oxygen atoms in total. The molecule has 0 aliphatic carbocycles. The Morgan fingerprint density at radius 3 is 2.58 bits per heavy atom. The minimum absolute atomic E-state index is 0.164. The Balaban J connectivity index is 2.11. The van der Waals surface area contributed by atoms with Crippen LogP contribution in [0.5, 0.6) is 0 Å². The van der Waals surface area contributed by atoms with E-state index in [4.69, 9.17) is 5.11 Å². The number of carboxylic acid groups (broad SMARTS) is 1. The van der Waals surface area contributed by atoms with Crippen LogP contribution < -0.4 is 5.32 Å². The molecule has 1 saturated heterocycles. The molecular formula is C16H23NO2. The highest BCUT2D eigenvalue weighted by atomic mass is 16.4. The molecular weight excluding hydrogens is 238 g/mol. The lowest BCUT2D eigenvalue weighted by atomic mass is 9.80. The van der Waals surface area contributed by atoms with E-state index in [1.54, 1.807) is 0 Å². The van der Waals surface area contributed by atoms with E-state index in [2.05, 4.69) is 29.6 Å². The predicted octanol–water partition coefficient (Wildman–Crippen LogP) is 2.91. The molecule has 1 fully saturated rings. The molecule has 2 N–H and O–H groups in total. The van der Waals surface area contributed by atoms with Crippen molar-refractivity contribution in [1.82, 2.24) is 5.32 Å². The Morgan fingerprint density at radius 1 is 1.37 bits per heavy atom. The molecule has 0 bridgehead atoms. The van der Waals surface area contributed by atoms with Crippen molar-refractivity contribution in [3.05, 3.63) is 35.4 Å². The fraction of sp³-hybridized carbons (Fsp3) is 0.562. The number of hydrogen-bond donors (Lipinski definition) is 2. The first kappa shape index (κ1) is 14.1. The molecule has 0 amide bonds. The number of carbonyl (C=O) groups is 1. The predicted molar refractivity (Wildman–Crippen MR) is 76.6 cm³/mol. The number of hydrogen-bond acceptors (Lipinski definition) is 2. The van der Waals surface area contributed by atoms with Crippen LogP contribution in [0.3, 0.4) is 0 Å². The fourth-order valence-corrected chi connectivity index (χ4v) is 2.82. The van der Waals surface area contributed by atoms with Gasteiger partial charge in [0.25, 0.3) is 0 Å². The summed E-state index contributed by atoms with van der Waals surface area (Å²) in [5.41, 5.74) is 2.15. The molecule has 0 aromatic heterocycles. The van der Waals surface area contributed by atoms with Gasteiger partial charge in [-0.05, 0) is 36.4 Å². The number of aliphatic carboxylic acids is 1. The highest BCUT2D eigenvalue weighted by Gasteiger charge is 2.24. The summed E-state index contributed by atoms with van der Waals surface area (Å²) in [6.45, 7) is 6.15. The van der Waals surface area contributed by atoms with Crippen LogP contribution in [-0.4, -0.2) is 24.2 Å². The lowest BCUT2D eigenvalue weighted by Crippen LogP contribution is -2.28. The molecule has 104 valence electrons. The van der Waals surface area contributed by atoms with Gasteiger partial charge < -0.3 is 10.4 Å². The molecule has 0 spiro atoms. The van der Waals surface area contributed by atoms with Crippen LogP contribution in [0, 0.1) is 0 Å². The molecule has 1 atom stereocenters. The standard InChI is InChI=1S/C16H23NO2/c1-16(2,10-15(18)19)14-7-5-12(6-8-14)13-4-3-9-17-11-13/h5-8,13,17H,3-4,9-11H2,1-2H3,(H,18,19). The molecule has 1 aromatic rings. The van der Waals surface area contributed by atoms with Gasteiger partial charge in [-0.3, -0.25) is 4.79 Å². The Kier molecular flexibility index (Phi) is 4.25. The molecule has 3 heteroatoms. The third kappa shape index (κ3) is 3.57. The largest absolute Gasteiger partial charge is 0.481 e. The fourth-order valence-electron chi connectivity index (χ4n) is 2.82. The lowest BCUT2D eigenvalue weighted by molar-refractivity contribution is -0.138. The second-order valence-corrected chi connectivity index (χ2v) is 6.12. The first-order valence-electron chi connectivity index (χ1n) is 7.02. The number of piperidine rings is 1. The van der Waals surface area contributed by atoms with Crippen molar-refractivity contribution >= 4 is 5.97 Å². The molecule has 1 unspecified atom stereocenters. The summed E-state index contributed by atoms with van der Waals surface area (Å²) in [5, 5.41) is 12.4. The number of rotatable bonds is 4. The maximum absolute atomic E-state index is 10.9. The molecule has 1 heterocycles. The minimum Gasteiger partial charge on any atom is -0.481 e. The van der Waals surface area contributed by atoms with Gasteiger partial charge in [0.15, 0.2) is 0 Å². The van der Waals surface area contributed by atoms with Crippen LogP contribution in [0.15, 0.2) is 24.3 Å². The second-order valence-electron chi connectivity index (χ2n) is 6.12. The summed E-state index contributed by atoms with van der Waals surface area (Å²) in [5.74, 6) is -0.143. The van der Waals surface area contributed by atoms with Crippen LogP contribution in [0.25, 0.3) is 0 Å². The SMILES string of the molecule is CC(C)(CC(=O)O)c1ccc(C2CCCNC2)cc1. The zero-order valence-electron chi connectivity index (χ0n) is 11.8. The average molecular weight is 261 g/mol. The molecule has 1 aliphatic rings. The third-order valence-corrected chi connectivity index (χ3v) is 4.05. The maximum Gasteiger partial charge on any atom is 0.304 e. The average Bonchev–Trinajstić information content (AvgIpc) is 2.38. The van der Waals surface area contributed by atoms with E-state index >= 15 is 0 Å². The highest BCUT2D eigenvalue weighted by molar-refractivity contribution is 5.68. The van der Waals surface area contributed by atoms with Crippen molar-refractivity contribution in [2.75, 3.05) is 13.1 Å². The van der Waals surface area contributed by atoms with Gasteiger partial charge in [0.1, 0.15) is 0 Å². The normalized spacial score (nSPS) is 20.2. The molecule has 1 aromatic carbocycles. The summed E-state index contributed by atoms with van der Waals surface area (Å²) in [7, 11) is 0. The van der Waals surface area contributed by atoms with E-state index in [0.29, 0.717) is 5.92 Å². The van der Waals surface area contributed by atoms with Crippen molar-refractivity contribution in [2.24, 2.45) is 0 Å². The molecule has 0 radical (unpaired) electrons. The van der Waals surface area contributed by atoms with Crippen molar-refractivity contribution in [2.45, 2.75) is 44.4 Å². The second kappa shape index (κ2) is 5.74. The zero-order chi connectivity index (χ0) is 13.9. The number of carboxylic acids is 1. The molecule has 2 rings (SSSR count). The van der Waals surface area contributed by atoms with Crippen LogP contribution in [0.2, 0.25) is 0 Å². The third-order valence-electron chi connectivity index (χ3n) is 4.05. The zero-order valence-corrected chi connectivity index (χ0v) is 11.8. The number of nitrogens with one attached hydrogen (secondary N) is 1. The minimum atomic E-state index is -0.745. The maximum atomic E-state index is 10.9. The Morgan fingerprint density at radius 2 is 2.05 bits per heavy atom. The van der Waals surface area contributed by atoms with E-state index in [1.165, 1.54) is 18.4 Å². The van der Waals surface area contributed by atoms with Crippen LogP contribution >= 0.6 is 0 Å². The summed E-state index contributed by atoms with van der Waals surface area (Å²) in [6.07, 6.45) is 2.64. The van der Waals surface area contributed by atoms with Crippen LogP contribution in [-0.2, 0) is 10.2 Å². The number of benzene rings is 1. The van der Waals surface area contributed by atoms with Gasteiger partial charge in [-0.2, -0.15) is 0 Å². The van der Waals surface area contributed by atoms with Gasteiger partial charge in [-0.25, -0.2) is 0 Å². The quantitative estimate of drug-likeness (QED) is 0.876. The lowest BCUT2D eigenvalue weighted by Gasteiger charge is -2.26. The molecule has 19 heavy (non-hydrogen) atoms. The van der Waals surface area contributed by atoms with E-state index in [9.17, 15) is 4.79 Å². The summed E-state index contributed by atoms with van der Waals surface area (Å²) < 4.78 is 0. The molecule has 0 saturated carbocycles. The topological polar surface area (TPSA) is 49.3 Å². The van der Waals surface area contributed by atoms with Crippen molar-refractivity contribution < 1.29 is 9.90 Å². The Labute approximate surface area is 115 Å². The van der Waals surface area contributed by atoms with Crippen molar-refractivity contribution in [3.63, 3.8) is 0 Å². The van der Waals surface area contributed by atoms with E-state index in [1.807, 2.05) is 13.8 Å². The Bertz CT molecular complexity index is 431. The van der Waals surface area contributed by atoms with Crippen molar-refractivity contribution in [3.8, 4) is 0 Å². The van der Waals surface area contributed by atoms with Gasteiger partial charge >= 0.3 is 5.97 Å². The van der Waals surface area contributed by atoms with Gasteiger partial charge in [-0.1, -0.05) is 38.1 Å². The summed E-state index contributed by atoms with van der Waals surface area (Å²) >= 11 is 0. The van der Waals surface area contributed by atoms with Gasteiger partial charge in [0.05, 0.1) is 6.42 Å². The Hall–Kier alpha value is -1.35. The van der Waals surface area contributed by atoms with Crippen LogP contribution in [0.1, 0.15) is 50.2 Å². The monoisotopic (exact) mass is 261 g/mol. The van der Waals surface area contributed by atoms with Crippen LogP contribution in [0.4, 0.5) is 0 Å². The van der Waals surface area contributed by atoms with E-state index in [-0.39, 0.29) is 11.8 Å². The molecule has 1 aliphatic heterocycles. The van der Waals surface area contributed by atoms with Gasteiger partial charge in [0, 0.05) is 12.0 Å². The highest BCUT2D eigenvalue weighted by Crippen LogP contribution is 2.29. The van der Waals surface area contributed by atoms with E-state index in [0.717, 1.165) is 18.7 Å². The summed E-state index contributed by atoms with van der Waals surface area (Å²) in [4.78, 5) is 10.9. The van der Waals surface area contributed by atoms with E-state index < -0.39 is 5.97 Å². The van der Waals surface area contributed by atoms with Gasteiger partial charge in [-0.15, -0.1) is 0 Å². The first-order valence-corrected chi connectivity index (χ1v) is 7.02. The first-order chi connectivity index (χ1) is 8.99. The summed E-state index contributed by atoms with van der Waals surface area (Å²) in [6, 6.07) is 8.51.